The second-order valence-corrected chi connectivity index (χ2v) is 6.71. The van der Waals surface area contributed by atoms with E-state index in [0.717, 1.165) is 36.3 Å². The molecule has 1 heterocycles. The zero-order valence-electron chi connectivity index (χ0n) is 13.1. The van der Waals surface area contributed by atoms with E-state index in [0.29, 0.717) is 5.56 Å². The van der Waals surface area contributed by atoms with E-state index in [1.165, 1.54) is 5.69 Å². The fourth-order valence-electron chi connectivity index (χ4n) is 2.62. The molecule has 120 valence electrons. The number of rotatable bonds is 3. The molecule has 1 amide bonds. The maximum absolute atomic E-state index is 12.2. The van der Waals surface area contributed by atoms with E-state index >= 15 is 0 Å². The standard InChI is InChI=1S/C18H20BrN3O/c1-21-10-12-22(13-11-21)17-8-6-16(7-9-17)20-18(23)14-2-4-15(19)5-3-14/h2-9H,10-13H2,1H3,(H,20,23). The summed E-state index contributed by atoms with van der Waals surface area (Å²) in [5.41, 5.74) is 2.67. The van der Waals surface area contributed by atoms with Gasteiger partial charge in [0.2, 0.25) is 0 Å². The molecule has 2 aromatic rings. The van der Waals surface area contributed by atoms with Gasteiger partial charge in [0.05, 0.1) is 0 Å². The van der Waals surface area contributed by atoms with E-state index in [-0.39, 0.29) is 5.91 Å². The van der Waals surface area contributed by atoms with E-state index in [2.05, 4.69) is 50.2 Å². The summed E-state index contributed by atoms with van der Waals surface area (Å²) in [6.45, 7) is 4.26. The van der Waals surface area contributed by atoms with Crippen molar-refractivity contribution in [3.63, 3.8) is 0 Å². The van der Waals surface area contributed by atoms with Crippen LogP contribution < -0.4 is 10.2 Å². The number of piperazine rings is 1. The molecule has 5 heteroatoms. The number of nitrogens with one attached hydrogen (secondary N) is 1. The minimum Gasteiger partial charge on any atom is -0.369 e. The number of nitrogens with zero attached hydrogens (tertiary/aromatic N) is 2. The fraction of sp³-hybridized carbons (Fsp3) is 0.278. The smallest absolute Gasteiger partial charge is 0.255 e. The van der Waals surface area contributed by atoms with Gasteiger partial charge in [0.1, 0.15) is 0 Å². The quantitative estimate of drug-likeness (QED) is 0.894. The normalized spacial score (nSPS) is 15.5. The first-order chi connectivity index (χ1) is 11.1. The van der Waals surface area contributed by atoms with Gasteiger partial charge in [-0.1, -0.05) is 15.9 Å². The van der Waals surface area contributed by atoms with E-state index in [1.54, 1.807) is 12.1 Å². The van der Waals surface area contributed by atoms with Crippen molar-refractivity contribution in [2.75, 3.05) is 43.4 Å². The van der Waals surface area contributed by atoms with Crippen molar-refractivity contribution in [1.29, 1.82) is 0 Å². The Bertz CT molecular complexity index is 662. The second kappa shape index (κ2) is 7.15. The van der Waals surface area contributed by atoms with Gasteiger partial charge >= 0.3 is 0 Å². The van der Waals surface area contributed by atoms with Crippen LogP contribution in [0.3, 0.4) is 0 Å². The van der Waals surface area contributed by atoms with Crippen LogP contribution in [0, 0.1) is 0 Å². The maximum atomic E-state index is 12.2. The van der Waals surface area contributed by atoms with Crippen molar-refractivity contribution in [1.82, 2.24) is 4.90 Å². The van der Waals surface area contributed by atoms with Crippen molar-refractivity contribution >= 4 is 33.2 Å². The summed E-state index contributed by atoms with van der Waals surface area (Å²) in [5.74, 6) is -0.0927. The molecule has 4 nitrogen and oxygen atoms in total. The molecule has 0 atom stereocenters. The zero-order chi connectivity index (χ0) is 16.2. The molecule has 0 spiro atoms. The highest BCUT2D eigenvalue weighted by Gasteiger charge is 2.14. The van der Waals surface area contributed by atoms with Crippen LogP contribution in [0.4, 0.5) is 11.4 Å². The molecule has 23 heavy (non-hydrogen) atoms. The van der Waals surface area contributed by atoms with Crippen molar-refractivity contribution < 1.29 is 4.79 Å². The summed E-state index contributed by atoms with van der Waals surface area (Å²) >= 11 is 3.37. The van der Waals surface area contributed by atoms with E-state index < -0.39 is 0 Å². The van der Waals surface area contributed by atoms with Gasteiger partial charge < -0.3 is 15.1 Å². The third-order valence-electron chi connectivity index (χ3n) is 4.10. The summed E-state index contributed by atoms with van der Waals surface area (Å²) in [6, 6.07) is 15.4. The van der Waals surface area contributed by atoms with E-state index in [4.69, 9.17) is 0 Å². The average molecular weight is 374 g/mol. The average Bonchev–Trinajstić information content (AvgIpc) is 2.57. The minimum atomic E-state index is -0.0927. The highest BCUT2D eigenvalue weighted by atomic mass is 79.9. The molecule has 3 rings (SSSR count). The third-order valence-corrected chi connectivity index (χ3v) is 4.63. The third kappa shape index (κ3) is 4.12. The van der Waals surface area contributed by atoms with Gasteiger partial charge in [-0.2, -0.15) is 0 Å². The molecular weight excluding hydrogens is 354 g/mol. The first kappa shape index (κ1) is 16.0. The number of carbonyl (C=O) groups excluding carboxylic acids is 1. The largest absolute Gasteiger partial charge is 0.369 e. The fourth-order valence-corrected chi connectivity index (χ4v) is 2.89. The van der Waals surface area contributed by atoms with E-state index in [1.807, 2.05) is 24.3 Å². The Morgan fingerprint density at radius 2 is 1.57 bits per heavy atom. The minimum absolute atomic E-state index is 0.0927. The number of amides is 1. The van der Waals surface area contributed by atoms with Crippen LogP contribution in [-0.4, -0.2) is 44.0 Å². The summed E-state index contributed by atoms with van der Waals surface area (Å²) < 4.78 is 0.963. The van der Waals surface area contributed by atoms with Crippen LogP contribution in [0.2, 0.25) is 0 Å². The van der Waals surface area contributed by atoms with Crippen LogP contribution in [0.15, 0.2) is 53.0 Å². The molecule has 0 aromatic heterocycles. The molecule has 0 aliphatic carbocycles. The zero-order valence-corrected chi connectivity index (χ0v) is 14.7. The highest BCUT2D eigenvalue weighted by Crippen LogP contribution is 2.20. The van der Waals surface area contributed by atoms with Gasteiger partial charge in [-0.15, -0.1) is 0 Å². The molecule has 2 aromatic carbocycles. The van der Waals surface area contributed by atoms with Crippen LogP contribution in [0.1, 0.15) is 10.4 Å². The topological polar surface area (TPSA) is 35.6 Å². The van der Waals surface area contributed by atoms with Crippen molar-refractivity contribution in [2.24, 2.45) is 0 Å². The molecule has 0 radical (unpaired) electrons. The molecule has 0 unspecified atom stereocenters. The Labute approximate surface area is 145 Å². The van der Waals surface area contributed by atoms with Crippen molar-refractivity contribution in [3.8, 4) is 0 Å². The van der Waals surface area contributed by atoms with Crippen LogP contribution in [0.5, 0.6) is 0 Å². The lowest BCUT2D eigenvalue weighted by molar-refractivity contribution is 0.102. The first-order valence-electron chi connectivity index (χ1n) is 7.72. The Morgan fingerprint density at radius 1 is 0.957 bits per heavy atom. The van der Waals surface area contributed by atoms with Gasteiger partial charge in [-0.3, -0.25) is 4.79 Å². The van der Waals surface area contributed by atoms with Gasteiger partial charge in [-0.05, 0) is 55.6 Å². The lowest BCUT2D eigenvalue weighted by Crippen LogP contribution is -2.44. The molecule has 0 bridgehead atoms. The SMILES string of the molecule is CN1CCN(c2ccc(NC(=O)c3ccc(Br)cc3)cc2)CC1. The lowest BCUT2D eigenvalue weighted by atomic mass is 10.2. The first-order valence-corrected chi connectivity index (χ1v) is 8.51. The summed E-state index contributed by atoms with van der Waals surface area (Å²) in [6.07, 6.45) is 0. The maximum Gasteiger partial charge on any atom is 0.255 e. The molecular formula is C18H20BrN3O. The van der Waals surface area contributed by atoms with Crippen LogP contribution >= 0.6 is 15.9 Å². The molecule has 1 aliphatic heterocycles. The Kier molecular flexibility index (Phi) is 4.98. The number of likely N-dealkylation sites (N-methyl/N-ethyl adjacent to an activating group) is 1. The Morgan fingerprint density at radius 3 is 2.17 bits per heavy atom. The molecule has 1 saturated heterocycles. The number of halogens is 1. The molecule has 1 fully saturated rings. The van der Waals surface area contributed by atoms with Gasteiger partial charge in [0, 0.05) is 47.6 Å². The second-order valence-electron chi connectivity index (χ2n) is 5.80. The number of hydrogen-bond acceptors (Lipinski definition) is 3. The van der Waals surface area contributed by atoms with E-state index in [9.17, 15) is 4.79 Å². The number of anilines is 2. The molecule has 1 aliphatic rings. The van der Waals surface area contributed by atoms with Crippen molar-refractivity contribution in [2.45, 2.75) is 0 Å². The molecule has 0 saturated carbocycles. The predicted molar refractivity (Wildman–Crippen MR) is 98.2 cm³/mol. The molecule has 1 N–H and O–H groups in total. The Balaban J connectivity index is 1.63. The number of benzene rings is 2. The van der Waals surface area contributed by atoms with Crippen LogP contribution in [0.25, 0.3) is 0 Å². The number of hydrogen-bond donors (Lipinski definition) is 1. The van der Waals surface area contributed by atoms with Crippen molar-refractivity contribution in [3.05, 3.63) is 58.6 Å². The predicted octanol–water partition coefficient (Wildman–Crippen LogP) is 3.45. The monoisotopic (exact) mass is 373 g/mol. The van der Waals surface area contributed by atoms with Gasteiger partial charge in [0.25, 0.3) is 5.91 Å². The highest BCUT2D eigenvalue weighted by molar-refractivity contribution is 9.10. The van der Waals surface area contributed by atoms with Gasteiger partial charge in [0.15, 0.2) is 0 Å². The van der Waals surface area contributed by atoms with Gasteiger partial charge in [-0.25, -0.2) is 0 Å². The summed E-state index contributed by atoms with van der Waals surface area (Å²) in [4.78, 5) is 16.9. The van der Waals surface area contributed by atoms with Crippen LogP contribution in [-0.2, 0) is 0 Å². The Hall–Kier alpha value is -1.85. The summed E-state index contributed by atoms with van der Waals surface area (Å²) in [5, 5.41) is 2.93. The summed E-state index contributed by atoms with van der Waals surface area (Å²) in [7, 11) is 2.15. The number of carbonyl (C=O) groups is 1. The lowest BCUT2D eigenvalue weighted by Gasteiger charge is -2.34.